The molecule has 0 N–H and O–H groups in total. The maximum Gasteiger partial charge on any atom is 0.225 e. The first kappa shape index (κ1) is 21.0. The summed E-state index contributed by atoms with van der Waals surface area (Å²) >= 11 is 6.16. The van der Waals surface area contributed by atoms with Crippen molar-refractivity contribution >= 4 is 29.0 Å². The largest absolute Gasteiger partial charge is 0.376 e. The van der Waals surface area contributed by atoms with Gasteiger partial charge in [-0.2, -0.15) is 0 Å². The van der Waals surface area contributed by atoms with Crippen molar-refractivity contribution in [1.82, 2.24) is 14.3 Å². The quantitative estimate of drug-likeness (QED) is 0.610. The van der Waals surface area contributed by atoms with Gasteiger partial charge in [0.15, 0.2) is 0 Å². The Morgan fingerprint density at radius 1 is 0.968 bits per heavy atom. The number of hydrogen-bond donors (Lipinski definition) is 0. The van der Waals surface area contributed by atoms with Crippen LogP contribution in [0.1, 0.15) is 38.5 Å². The highest BCUT2D eigenvalue weighted by molar-refractivity contribution is 6.30. The fourth-order valence-corrected chi connectivity index (χ4v) is 4.85. The van der Waals surface area contributed by atoms with Gasteiger partial charge in [0.25, 0.3) is 0 Å². The van der Waals surface area contributed by atoms with Crippen LogP contribution in [0, 0.1) is 5.92 Å². The molecule has 0 aromatic carbocycles. The first-order valence-corrected chi connectivity index (χ1v) is 11.9. The number of pyridine rings is 1. The van der Waals surface area contributed by atoms with Crippen LogP contribution in [0.3, 0.4) is 0 Å². The van der Waals surface area contributed by atoms with Crippen molar-refractivity contribution in [2.24, 2.45) is 5.92 Å². The average molecular weight is 447 g/mol. The van der Waals surface area contributed by atoms with Crippen molar-refractivity contribution in [1.29, 1.82) is 0 Å². The number of imidazole rings is 1. The Kier molecular flexibility index (Phi) is 6.34. The molecule has 2 aliphatic heterocycles. The van der Waals surface area contributed by atoms with Gasteiger partial charge in [0.2, 0.25) is 5.91 Å². The van der Waals surface area contributed by atoms with Crippen LogP contribution in [0.25, 0.3) is 5.65 Å². The topological polar surface area (TPSA) is 59.3 Å². The number of likely N-dealkylation sites (tertiary alicyclic amines) is 1. The summed E-state index contributed by atoms with van der Waals surface area (Å²) in [5.41, 5.74) is 0.915. The van der Waals surface area contributed by atoms with Gasteiger partial charge in [-0.1, -0.05) is 11.6 Å². The molecule has 1 aliphatic carbocycles. The predicted molar refractivity (Wildman–Crippen MR) is 120 cm³/mol. The van der Waals surface area contributed by atoms with Crippen LogP contribution in [0.15, 0.2) is 24.5 Å². The minimum Gasteiger partial charge on any atom is -0.376 e. The molecule has 1 amide bonds. The monoisotopic (exact) mass is 446 g/mol. The molecule has 0 bridgehead atoms. The number of halogens is 1. The zero-order valence-electron chi connectivity index (χ0n) is 17.9. The Bertz CT molecular complexity index is 899. The zero-order valence-corrected chi connectivity index (χ0v) is 18.7. The van der Waals surface area contributed by atoms with Gasteiger partial charge in [-0.05, 0) is 50.7 Å². The molecular weight excluding hydrogens is 416 g/mol. The lowest BCUT2D eigenvalue weighted by Gasteiger charge is -2.33. The molecule has 3 aliphatic rings. The summed E-state index contributed by atoms with van der Waals surface area (Å²) in [5, 5.41) is 0.713. The SMILES string of the molecule is O=C(C1CC1)N1CCC(OCCOC2CCN(c3cnc4ccc(Cl)cn34)CC2)CC1. The summed E-state index contributed by atoms with van der Waals surface area (Å²) in [6.45, 7) is 4.84. The molecule has 0 radical (unpaired) electrons. The fourth-order valence-electron chi connectivity index (χ4n) is 4.69. The second-order valence-corrected chi connectivity index (χ2v) is 9.36. The van der Waals surface area contributed by atoms with Crippen molar-refractivity contribution in [3.63, 3.8) is 0 Å². The molecule has 31 heavy (non-hydrogen) atoms. The standard InChI is InChI=1S/C23H31ClN4O3/c24-18-3-4-21-25-15-22(28(21)16-18)26-9-5-19(6-10-26)30-13-14-31-20-7-11-27(12-8-20)23(29)17-1-2-17/h3-4,15-17,19-20H,1-2,5-14H2. The van der Waals surface area contributed by atoms with Gasteiger partial charge in [-0.3, -0.25) is 9.20 Å². The molecule has 0 spiro atoms. The highest BCUT2D eigenvalue weighted by Gasteiger charge is 2.35. The number of amides is 1. The van der Waals surface area contributed by atoms with E-state index >= 15 is 0 Å². The maximum atomic E-state index is 12.1. The third kappa shape index (κ3) is 4.99. The molecule has 3 fully saturated rings. The zero-order chi connectivity index (χ0) is 21.2. The summed E-state index contributed by atoms with van der Waals surface area (Å²) < 4.78 is 14.2. The fraction of sp³-hybridized carbons (Fsp3) is 0.652. The lowest BCUT2D eigenvalue weighted by Crippen LogP contribution is -2.42. The number of piperidine rings is 2. The van der Waals surface area contributed by atoms with Crippen LogP contribution in [0.2, 0.25) is 5.02 Å². The summed E-state index contributed by atoms with van der Waals surface area (Å²) in [6, 6.07) is 3.81. The van der Waals surface area contributed by atoms with E-state index < -0.39 is 0 Å². The maximum absolute atomic E-state index is 12.1. The van der Waals surface area contributed by atoms with E-state index in [4.69, 9.17) is 21.1 Å². The Balaban J connectivity index is 0.995. The summed E-state index contributed by atoms with van der Waals surface area (Å²) in [6.07, 6.45) is 10.4. The molecule has 2 aromatic heterocycles. The molecule has 2 aromatic rings. The van der Waals surface area contributed by atoms with Crippen molar-refractivity contribution in [2.75, 3.05) is 44.3 Å². The van der Waals surface area contributed by atoms with E-state index in [0.717, 1.165) is 76.2 Å². The molecule has 1 saturated carbocycles. The normalized spacial score (nSPS) is 21.2. The summed E-state index contributed by atoms with van der Waals surface area (Å²) in [7, 11) is 0. The highest BCUT2D eigenvalue weighted by atomic mass is 35.5. The van der Waals surface area contributed by atoms with Gasteiger partial charge in [0.1, 0.15) is 11.5 Å². The van der Waals surface area contributed by atoms with Crippen LogP contribution in [0.4, 0.5) is 5.82 Å². The number of anilines is 1. The number of nitrogens with zero attached hydrogens (tertiary/aromatic N) is 4. The smallest absolute Gasteiger partial charge is 0.225 e. The molecule has 168 valence electrons. The lowest BCUT2D eigenvalue weighted by molar-refractivity contribution is -0.135. The molecule has 0 unspecified atom stereocenters. The highest BCUT2D eigenvalue weighted by Crippen LogP contribution is 2.32. The molecule has 8 heteroatoms. The minimum atomic E-state index is 0.260. The molecule has 7 nitrogen and oxygen atoms in total. The molecular formula is C23H31ClN4O3. The first-order chi connectivity index (χ1) is 15.2. The van der Waals surface area contributed by atoms with E-state index in [1.807, 2.05) is 29.4 Å². The Morgan fingerprint density at radius 3 is 2.26 bits per heavy atom. The molecule has 2 saturated heterocycles. The second kappa shape index (κ2) is 9.35. The number of fused-ring (bicyclic) bond motifs is 1. The van der Waals surface area contributed by atoms with Crippen LogP contribution < -0.4 is 4.90 Å². The predicted octanol–water partition coefficient (Wildman–Crippen LogP) is 3.39. The number of rotatable bonds is 7. The van der Waals surface area contributed by atoms with Crippen LogP contribution >= 0.6 is 11.6 Å². The van der Waals surface area contributed by atoms with Gasteiger partial charge in [0, 0.05) is 38.3 Å². The number of aromatic nitrogens is 2. The minimum absolute atomic E-state index is 0.260. The Hall–Kier alpha value is -1.83. The molecule has 0 atom stereocenters. The van der Waals surface area contributed by atoms with Crippen molar-refractivity contribution in [3.8, 4) is 0 Å². The van der Waals surface area contributed by atoms with E-state index in [0.29, 0.717) is 30.1 Å². The van der Waals surface area contributed by atoms with Crippen LogP contribution in [-0.2, 0) is 14.3 Å². The number of hydrogen-bond acceptors (Lipinski definition) is 5. The summed E-state index contributed by atoms with van der Waals surface area (Å²) in [4.78, 5) is 21.0. The van der Waals surface area contributed by atoms with E-state index in [-0.39, 0.29) is 12.2 Å². The van der Waals surface area contributed by atoms with Gasteiger partial charge < -0.3 is 19.3 Å². The third-order valence-corrected chi connectivity index (χ3v) is 6.91. The van der Waals surface area contributed by atoms with Crippen molar-refractivity contribution in [2.45, 2.75) is 50.7 Å². The van der Waals surface area contributed by atoms with E-state index in [1.165, 1.54) is 0 Å². The first-order valence-electron chi connectivity index (χ1n) is 11.6. The van der Waals surface area contributed by atoms with Crippen LogP contribution in [0.5, 0.6) is 0 Å². The Morgan fingerprint density at radius 2 is 1.61 bits per heavy atom. The average Bonchev–Trinajstić information content (AvgIpc) is 3.57. The number of carbonyl (C=O) groups is 1. The van der Waals surface area contributed by atoms with Gasteiger partial charge in [-0.15, -0.1) is 0 Å². The van der Waals surface area contributed by atoms with Crippen LogP contribution in [-0.4, -0.2) is 71.8 Å². The molecule has 5 rings (SSSR count). The van der Waals surface area contributed by atoms with E-state index in [2.05, 4.69) is 14.3 Å². The summed E-state index contributed by atoms with van der Waals surface area (Å²) in [5.74, 6) is 1.77. The van der Waals surface area contributed by atoms with Crippen molar-refractivity contribution < 1.29 is 14.3 Å². The number of carbonyl (C=O) groups excluding carboxylic acids is 1. The lowest BCUT2D eigenvalue weighted by atomic mass is 10.1. The molecule has 4 heterocycles. The Labute approximate surface area is 188 Å². The van der Waals surface area contributed by atoms with Gasteiger partial charge in [0.05, 0.1) is 36.6 Å². The van der Waals surface area contributed by atoms with Gasteiger partial charge >= 0.3 is 0 Å². The number of ether oxygens (including phenoxy) is 2. The van der Waals surface area contributed by atoms with Gasteiger partial charge in [-0.25, -0.2) is 4.98 Å². The van der Waals surface area contributed by atoms with Crippen molar-refractivity contribution in [3.05, 3.63) is 29.5 Å². The third-order valence-electron chi connectivity index (χ3n) is 6.69. The van der Waals surface area contributed by atoms with E-state index in [1.54, 1.807) is 0 Å². The van der Waals surface area contributed by atoms with E-state index in [9.17, 15) is 4.79 Å². The second-order valence-electron chi connectivity index (χ2n) is 8.92.